The molecule has 1 nitrogen and oxygen atoms in total. The third-order valence-electron chi connectivity index (χ3n) is 2.54. The van der Waals surface area contributed by atoms with Crippen LogP contribution in [0.1, 0.15) is 13.8 Å². The van der Waals surface area contributed by atoms with Crippen molar-refractivity contribution in [3.05, 3.63) is 30.3 Å². The standard InChI is InChI=1S/C14H23NS2/c1-3-16-12-10-15(11-13-17-4-2)14-8-6-5-7-9-14/h5-9H,3-4,10-13H2,1-2H3. The zero-order chi connectivity index (χ0) is 12.3. The van der Waals surface area contributed by atoms with Crippen LogP contribution in [0.4, 0.5) is 5.69 Å². The lowest BCUT2D eigenvalue weighted by Crippen LogP contribution is -2.28. The molecule has 0 atom stereocenters. The van der Waals surface area contributed by atoms with Gasteiger partial charge in [0.05, 0.1) is 0 Å². The summed E-state index contributed by atoms with van der Waals surface area (Å²) in [5.74, 6) is 4.88. The SMILES string of the molecule is CCSCCN(CCSCC)c1ccccc1. The second kappa shape index (κ2) is 9.72. The Hall–Kier alpha value is -0.280. The predicted molar refractivity (Wildman–Crippen MR) is 84.7 cm³/mol. The van der Waals surface area contributed by atoms with Crippen molar-refractivity contribution in [1.82, 2.24) is 0 Å². The van der Waals surface area contributed by atoms with Crippen molar-refractivity contribution in [2.75, 3.05) is 41.0 Å². The van der Waals surface area contributed by atoms with Gasteiger partial charge >= 0.3 is 0 Å². The number of nitrogens with zero attached hydrogens (tertiary/aromatic N) is 1. The summed E-state index contributed by atoms with van der Waals surface area (Å²) >= 11 is 4.04. The highest BCUT2D eigenvalue weighted by molar-refractivity contribution is 7.99. The van der Waals surface area contributed by atoms with Crippen LogP contribution in [0.5, 0.6) is 0 Å². The summed E-state index contributed by atoms with van der Waals surface area (Å²) in [5.41, 5.74) is 1.36. The Bertz CT molecular complexity index is 267. The Kier molecular flexibility index (Phi) is 8.45. The minimum Gasteiger partial charge on any atom is -0.370 e. The minimum absolute atomic E-state index is 1.16. The van der Waals surface area contributed by atoms with Gasteiger partial charge in [0.15, 0.2) is 0 Å². The van der Waals surface area contributed by atoms with E-state index in [2.05, 4.69) is 49.1 Å². The molecule has 0 aliphatic carbocycles. The predicted octanol–water partition coefficient (Wildman–Crippen LogP) is 4.00. The first-order chi connectivity index (χ1) is 8.38. The van der Waals surface area contributed by atoms with Crippen molar-refractivity contribution < 1.29 is 0 Å². The lowest BCUT2D eigenvalue weighted by Gasteiger charge is -2.24. The number of rotatable bonds is 9. The van der Waals surface area contributed by atoms with Crippen molar-refractivity contribution in [1.29, 1.82) is 0 Å². The lowest BCUT2D eigenvalue weighted by atomic mass is 10.3. The molecule has 1 aromatic carbocycles. The summed E-state index contributed by atoms with van der Waals surface area (Å²) < 4.78 is 0. The van der Waals surface area contributed by atoms with E-state index in [0.717, 1.165) is 13.1 Å². The molecule has 0 spiro atoms. The number of hydrogen-bond donors (Lipinski definition) is 0. The van der Waals surface area contributed by atoms with Crippen LogP contribution in [0.3, 0.4) is 0 Å². The molecule has 96 valence electrons. The Morgan fingerprint density at radius 3 is 1.88 bits per heavy atom. The number of para-hydroxylation sites is 1. The van der Waals surface area contributed by atoms with E-state index >= 15 is 0 Å². The summed E-state index contributed by atoms with van der Waals surface area (Å²) in [6.07, 6.45) is 0. The molecule has 0 fully saturated rings. The molecule has 1 aromatic rings. The Balaban J connectivity index is 2.46. The van der Waals surface area contributed by atoms with Crippen LogP contribution < -0.4 is 4.90 Å². The highest BCUT2D eigenvalue weighted by Crippen LogP contribution is 2.15. The van der Waals surface area contributed by atoms with E-state index < -0.39 is 0 Å². The lowest BCUT2D eigenvalue weighted by molar-refractivity contribution is 0.879. The van der Waals surface area contributed by atoms with Crippen LogP contribution in [0.15, 0.2) is 30.3 Å². The molecule has 0 unspecified atom stereocenters. The first kappa shape index (κ1) is 14.8. The van der Waals surface area contributed by atoms with Crippen molar-refractivity contribution in [2.24, 2.45) is 0 Å². The fraction of sp³-hybridized carbons (Fsp3) is 0.571. The zero-order valence-corrected chi connectivity index (χ0v) is 12.5. The van der Waals surface area contributed by atoms with Gasteiger partial charge in [-0.05, 0) is 23.6 Å². The third kappa shape index (κ3) is 6.27. The molecule has 0 saturated heterocycles. The molecule has 0 aliphatic rings. The van der Waals surface area contributed by atoms with Gasteiger partial charge in [0.2, 0.25) is 0 Å². The van der Waals surface area contributed by atoms with Crippen molar-refractivity contribution in [2.45, 2.75) is 13.8 Å². The van der Waals surface area contributed by atoms with E-state index in [0.29, 0.717) is 0 Å². The molecule has 0 aromatic heterocycles. The molecule has 3 heteroatoms. The number of benzene rings is 1. The van der Waals surface area contributed by atoms with Gasteiger partial charge in [0.1, 0.15) is 0 Å². The third-order valence-corrected chi connectivity index (χ3v) is 4.30. The molecule has 0 bridgehead atoms. The van der Waals surface area contributed by atoms with Gasteiger partial charge in [-0.1, -0.05) is 32.0 Å². The highest BCUT2D eigenvalue weighted by atomic mass is 32.2. The number of thioether (sulfide) groups is 2. The summed E-state index contributed by atoms with van der Waals surface area (Å²) in [6, 6.07) is 10.8. The molecule has 0 aliphatic heterocycles. The molecule has 17 heavy (non-hydrogen) atoms. The fourth-order valence-corrected chi connectivity index (χ4v) is 2.92. The Morgan fingerprint density at radius 1 is 0.882 bits per heavy atom. The Morgan fingerprint density at radius 2 is 1.41 bits per heavy atom. The summed E-state index contributed by atoms with van der Waals surface area (Å²) in [5, 5.41) is 0. The van der Waals surface area contributed by atoms with Crippen LogP contribution in [-0.2, 0) is 0 Å². The average Bonchev–Trinajstić information content (AvgIpc) is 2.38. The minimum atomic E-state index is 1.16. The van der Waals surface area contributed by atoms with Gasteiger partial charge < -0.3 is 4.90 Å². The second-order valence-electron chi connectivity index (χ2n) is 3.72. The van der Waals surface area contributed by atoms with E-state index in [1.54, 1.807) is 0 Å². The largest absolute Gasteiger partial charge is 0.370 e. The van der Waals surface area contributed by atoms with E-state index in [-0.39, 0.29) is 0 Å². The van der Waals surface area contributed by atoms with Crippen LogP contribution in [-0.4, -0.2) is 36.1 Å². The van der Waals surface area contributed by atoms with E-state index in [1.165, 1.54) is 28.7 Å². The normalized spacial score (nSPS) is 10.5. The maximum absolute atomic E-state index is 2.51. The molecule has 0 heterocycles. The number of anilines is 1. The van der Waals surface area contributed by atoms with Gasteiger partial charge in [-0.3, -0.25) is 0 Å². The van der Waals surface area contributed by atoms with E-state index in [9.17, 15) is 0 Å². The van der Waals surface area contributed by atoms with E-state index in [1.807, 2.05) is 23.5 Å². The maximum atomic E-state index is 2.51. The van der Waals surface area contributed by atoms with Crippen molar-refractivity contribution >= 4 is 29.2 Å². The molecular formula is C14H23NS2. The molecule has 0 amide bonds. The van der Waals surface area contributed by atoms with Gasteiger partial charge in [0.25, 0.3) is 0 Å². The quantitative estimate of drug-likeness (QED) is 0.624. The van der Waals surface area contributed by atoms with Crippen LogP contribution in [0.2, 0.25) is 0 Å². The molecular weight excluding hydrogens is 246 g/mol. The number of hydrogen-bond acceptors (Lipinski definition) is 3. The van der Waals surface area contributed by atoms with Gasteiger partial charge in [-0.2, -0.15) is 23.5 Å². The van der Waals surface area contributed by atoms with Crippen LogP contribution in [0, 0.1) is 0 Å². The van der Waals surface area contributed by atoms with Crippen LogP contribution in [0.25, 0.3) is 0 Å². The van der Waals surface area contributed by atoms with Gasteiger partial charge in [-0.15, -0.1) is 0 Å². The van der Waals surface area contributed by atoms with Crippen molar-refractivity contribution in [3.8, 4) is 0 Å². The van der Waals surface area contributed by atoms with E-state index in [4.69, 9.17) is 0 Å². The zero-order valence-electron chi connectivity index (χ0n) is 10.9. The van der Waals surface area contributed by atoms with Crippen LogP contribution >= 0.6 is 23.5 Å². The molecule has 0 saturated carbocycles. The Labute approximate surface area is 114 Å². The smallest absolute Gasteiger partial charge is 0.0366 e. The average molecular weight is 269 g/mol. The summed E-state index contributed by atoms with van der Waals surface area (Å²) in [7, 11) is 0. The highest BCUT2D eigenvalue weighted by Gasteiger charge is 2.05. The van der Waals surface area contributed by atoms with Gasteiger partial charge in [0, 0.05) is 30.3 Å². The first-order valence-electron chi connectivity index (χ1n) is 6.34. The first-order valence-corrected chi connectivity index (χ1v) is 8.65. The molecule has 0 N–H and O–H groups in total. The fourth-order valence-electron chi connectivity index (χ4n) is 1.65. The monoisotopic (exact) mass is 269 g/mol. The molecule has 0 radical (unpaired) electrons. The summed E-state index contributed by atoms with van der Waals surface area (Å²) in [4.78, 5) is 2.51. The maximum Gasteiger partial charge on any atom is 0.0366 e. The summed E-state index contributed by atoms with van der Waals surface area (Å²) in [6.45, 7) is 6.77. The van der Waals surface area contributed by atoms with Crippen molar-refractivity contribution in [3.63, 3.8) is 0 Å². The second-order valence-corrected chi connectivity index (χ2v) is 6.50. The van der Waals surface area contributed by atoms with Gasteiger partial charge in [-0.25, -0.2) is 0 Å². The topological polar surface area (TPSA) is 3.24 Å². The molecule has 1 rings (SSSR count).